The largest absolute Gasteiger partial charge is 0.497 e. The Kier molecular flexibility index (Phi) is 13.7. The van der Waals surface area contributed by atoms with Gasteiger partial charge in [0.2, 0.25) is 0 Å². The Morgan fingerprint density at radius 2 is 1.63 bits per heavy atom. The maximum Gasteiger partial charge on any atom is 0.311 e. The first-order valence-electron chi connectivity index (χ1n) is 17.8. The van der Waals surface area contributed by atoms with E-state index < -0.39 is 19.7 Å². The molecule has 49 heavy (non-hydrogen) atoms. The van der Waals surface area contributed by atoms with Crippen LogP contribution in [0.3, 0.4) is 0 Å². The normalized spacial score (nSPS) is 29.0. The minimum atomic E-state index is -2.17. The molecule has 0 saturated carbocycles. The molecule has 0 spiro atoms. The Morgan fingerprint density at radius 3 is 2.29 bits per heavy atom. The topological polar surface area (TPSA) is 81.7 Å². The van der Waals surface area contributed by atoms with Crippen molar-refractivity contribution in [1.82, 2.24) is 0 Å². The van der Waals surface area contributed by atoms with E-state index in [2.05, 4.69) is 65.1 Å². The van der Waals surface area contributed by atoms with E-state index in [9.17, 15) is 4.79 Å². The zero-order valence-electron chi connectivity index (χ0n) is 31.3. The molecule has 0 aliphatic carbocycles. The first-order chi connectivity index (χ1) is 23.1. The van der Waals surface area contributed by atoms with Gasteiger partial charge in [0.15, 0.2) is 14.1 Å². The minimum Gasteiger partial charge on any atom is -0.497 e. The van der Waals surface area contributed by atoms with Gasteiger partial charge in [-0.15, -0.1) is 0 Å². The van der Waals surface area contributed by atoms with Crippen LogP contribution in [0.1, 0.15) is 84.3 Å². The molecular weight excluding hydrogens is 637 g/mol. The Balaban J connectivity index is 1.56. The smallest absolute Gasteiger partial charge is 0.311 e. The summed E-state index contributed by atoms with van der Waals surface area (Å²) in [7, 11) is 1.09. The van der Waals surface area contributed by atoms with Gasteiger partial charge in [-0.1, -0.05) is 82.3 Å². The molecule has 2 aromatic carbocycles. The fourth-order valence-corrected chi connectivity index (χ4v) is 7.74. The van der Waals surface area contributed by atoms with Crippen LogP contribution >= 0.6 is 0 Å². The Hall–Kier alpha value is -2.53. The van der Waals surface area contributed by atoms with Crippen molar-refractivity contribution in [3.8, 4) is 5.75 Å². The second-order valence-electron chi connectivity index (χ2n) is 15.6. The van der Waals surface area contributed by atoms with Crippen LogP contribution in [0, 0.1) is 5.92 Å². The number of hydrogen-bond donors (Lipinski definition) is 0. The average molecular weight is 697 g/mol. The van der Waals surface area contributed by atoms with Crippen LogP contribution in [0.2, 0.25) is 18.1 Å². The van der Waals surface area contributed by atoms with Crippen molar-refractivity contribution in [1.29, 1.82) is 0 Å². The molecule has 0 amide bonds. The number of rotatable bonds is 13. The highest BCUT2D eigenvalue weighted by Gasteiger charge is 2.47. The zero-order chi connectivity index (χ0) is 35.7. The fraction of sp³-hybridized carbons (Fsp3) is 0.625. The molecule has 9 heteroatoms. The highest BCUT2D eigenvalue weighted by molar-refractivity contribution is 6.74. The van der Waals surface area contributed by atoms with Crippen molar-refractivity contribution in [3.63, 3.8) is 0 Å². The standard InChI is InChI=1S/C40H60O8Si/c1-30-16-19-34-24-35(45-29-32-17-20-33(42-6)21-18-32)25-40(43-7,46-34)27-37(41)47-39(5,26-36(30)48-49(8,9)38(2,3)4)22-13-23-44-28-31-14-11-10-12-15-31/h10-12,14-21,30,34-36H,13,22-29H2,1-9H3/b19-16+/t30-,34+,35-,36+,39?,40+/m1/s1. The summed E-state index contributed by atoms with van der Waals surface area (Å²) < 4.78 is 43.9. The number of carbonyl (C=O) groups is 1. The van der Waals surface area contributed by atoms with Gasteiger partial charge >= 0.3 is 5.97 Å². The van der Waals surface area contributed by atoms with Crippen LogP contribution in [0.5, 0.6) is 5.75 Å². The molecule has 272 valence electrons. The molecule has 2 bridgehead atoms. The van der Waals surface area contributed by atoms with Gasteiger partial charge in [-0.2, -0.15) is 0 Å². The van der Waals surface area contributed by atoms with Crippen molar-refractivity contribution in [2.24, 2.45) is 5.92 Å². The van der Waals surface area contributed by atoms with Gasteiger partial charge in [0.25, 0.3) is 0 Å². The second kappa shape index (κ2) is 17.1. The van der Waals surface area contributed by atoms with E-state index in [0.717, 1.165) is 23.3 Å². The van der Waals surface area contributed by atoms with E-state index in [4.69, 9.17) is 32.8 Å². The SMILES string of the molecule is COc1ccc(CO[C@@H]2C[C@@H]3/C=C/[C@@H](C)[C@@H](O[Si](C)(C)C(C)(C)C)CC(C)(CCCOCc4ccccc4)OC(=O)C[C@](OC)(C2)O3)cc1. The van der Waals surface area contributed by atoms with Gasteiger partial charge < -0.3 is 32.8 Å². The summed E-state index contributed by atoms with van der Waals surface area (Å²) in [5.74, 6) is -0.682. The summed E-state index contributed by atoms with van der Waals surface area (Å²) in [4.78, 5) is 13.9. The number of hydrogen-bond acceptors (Lipinski definition) is 8. The van der Waals surface area contributed by atoms with E-state index in [-0.39, 0.29) is 41.7 Å². The predicted octanol–water partition coefficient (Wildman–Crippen LogP) is 8.78. The molecule has 0 N–H and O–H groups in total. The van der Waals surface area contributed by atoms with Gasteiger partial charge in [-0.25, -0.2) is 0 Å². The first kappa shape index (κ1) is 39.3. The maximum atomic E-state index is 13.9. The molecule has 8 nitrogen and oxygen atoms in total. The van der Waals surface area contributed by atoms with E-state index >= 15 is 0 Å². The van der Waals surface area contributed by atoms with E-state index in [1.54, 1.807) is 14.2 Å². The molecule has 0 radical (unpaired) electrons. The second-order valence-corrected chi connectivity index (χ2v) is 20.4. The van der Waals surface area contributed by atoms with Crippen LogP contribution in [-0.2, 0) is 46.1 Å². The Morgan fingerprint density at radius 1 is 0.939 bits per heavy atom. The number of esters is 1. The quantitative estimate of drug-likeness (QED) is 0.0890. The molecule has 2 aromatic rings. The van der Waals surface area contributed by atoms with Gasteiger partial charge in [-0.05, 0) is 67.1 Å². The van der Waals surface area contributed by atoms with Gasteiger partial charge in [0.1, 0.15) is 11.4 Å². The maximum absolute atomic E-state index is 13.9. The van der Waals surface area contributed by atoms with Gasteiger partial charge in [-0.3, -0.25) is 4.79 Å². The summed E-state index contributed by atoms with van der Waals surface area (Å²) in [5.41, 5.74) is 1.39. The van der Waals surface area contributed by atoms with Crippen molar-refractivity contribution in [2.75, 3.05) is 20.8 Å². The van der Waals surface area contributed by atoms with Gasteiger partial charge in [0.05, 0.1) is 45.1 Å². The Labute approximate surface area is 295 Å². The van der Waals surface area contributed by atoms with Gasteiger partial charge in [0, 0.05) is 33.0 Å². The summed E-state index contributed by atoms with van der Waals surface area (Å²) in [5, 5.41) is 0.0253. The summed E-state index contributed by atoms with van der Waals surface area (Å²) >= 11 is 0. The molecule has 6 atom stereocenters. The lowest BCUT2D eigenvalue weighted by molar-refractivity contribution is -0.285. The molecule has 0 aromatic heterocycles. The predicted molar refractivity (Wildman–Crippen MR) is 195 cm³/mol. The number of cyclic esters (lactones) is 1. The Bertz CT molecular complexity index is 1340. The monoisotopic (exact) mass is 696 g/mol. The number of benzene rings is 2. The number of methoxy groups -OCH3 is 2. The first-order valence-corrected chi connectivity index (χ1v) is 20.7. The highest BCUT2D eigenvalue weighted by atomic mass is 28.4. The molecule has 1 unspecified atom stereocenters. The third-order valence-corrected chi connectivity index (χ3v) is 14.9. The van der Waals surface area contributed by atoms with Crippen molar-refractivity contribution in [2.45, 2.75) is 134 Å². The third kappa shape index (κ3) is 11.5. The zero-order valence-corrected chi connectivity index (χ0v) is 32.3. The van der Waals surface area contributed by atoms with Crippen LogP contribution in [0.4, 0.5) is 0 Å². The minimum absolute atomic E-state index is 0.0253. The lowest BCUT2D eigenvalue weighted by Gasteiger charge is -2.45. The van der Waals surface area contributed by atoms with Crippen LogP contribution < -0.4 is 4.74 Å². The molecule has 2 aliphatic rings. The molecule has 4 rings (SSSR count). The summed E-state index contributed by atoms with van der Waals surface area (Å²) in [6.07, 6.45) is 6.65. The van der Waals surface area contributed by atoms with Crippen LogP contribution in [-0.4, -0.2) is 64.8 Å². The third-order valence-electron chi connectivity index (χ3n) is 10.4. The fourth-order valence-electron chi connectivity index (χ4n) is 6.34. The summed E-state index contributed by atoms with van der Waals surface area (Å²) in [6.45, 7) is 17.1. The lowest BCUT2D eigenvalue weighted by atomic mass is 9.87. The van der Waals surface area contributed by atoms with Crippen molar-refractivity contribution >= 4 is 14.3 Å². The van der Waals surface area contributed by atoms with E-state index in [0.29, 0.717) is 45.5 Å². The average Bonchev–Trinajstić information content (AvgIpc) is 3.05. The van der Waals surface area contributed by atoms with Crippen molar-refractivity contribution in [3.05, 3.63) is 77.9 Å². The van der Waals surface area contributed by atoms with E-state index in [1.807, 2.05) is 49.4 Å². The molecular formula is C40H60O8Si. The lowest BCUT2D eigenvalue weighted by Crippen LogP contribution is -2.51. The van der Waals surface area contributed by atoms with Crippen LogP contribution in [0.25, 0.3) is 0 Å². The molecule has 2 heterocycles. The van der Waals surface area contributed by atoms with Crippen molar-refractivity contribution < 1.29 is 37.6 Å². The van der Waals surface area contributed by atoms with E-state index in [1.165, 1.54) is 0 Å². The van der Waals surface area contributed by atoms with Crippen LogP contribution in [0.15, 0.2) is 66.7 Å². The molecule has 1 saturated heterocycles. The number of carbonyl (C=O) groups excluding carboxylic acids is 1. The highest BCUT2D eigenvalue weighted by Crippen LogP contribution is 2.42. The molecule has 2 aliphatic heterocycles. The number of fused-ring (bicyclic) bond motifs is 2. The molecule has 1 fully saturated rings. The summed E-state index contributed by atoms with van der Waals surface area (Å²) in [6, 6.07) is 18.0. The number of ether oxygens (including phenoxy) is 6.